The van der Waals surface area contributed by atoms with Gasteiger partial charge in [0.1, 0.15) is 0 Å². The molecule has 35 heavy (non-hydrogen) atoms. The van der Waals surface area contributed by atoms with E-state index in [1.165, 1.54) is 0 Å². The fourth-order valence-electron chi connectivity index (χ4n) is 4.24. The molecule has 1 aromatic heterocycles. The van der Waals surface area contributed by atoms with Gasteiger partial charge in [-0.15, -0.1) is 0 Å². The highest BCUT2D eigenvalue weighted by atomic mass is 35.5. The van der Waals surface area contributed by atoms with E-state index < -0.39 is 6.17 Å². The molecule has 0 bridgehead atoms. The van der Waals surface area contributed by atoms with E-state index in [4.69, 9.17) is 28.8 Å². The molecule has 8 nitrogen and oxygen atoms in total. The van der Waals surface area contributed by atoms with Crippen LogP contribution < -0.4 is 15.1 Å². The van der Waals surface area contributed by atoms with Crippen LogP contribution in [-0.4, -0.2) is 71.0 Å². The number of benzodiazepines with no additional fused rings is 1. The first kappa shape index (κ1) is 23.2. The van der Waals surface area contributed by atoms with E-state index in [2.05, 4.69) is 25.1 Å². The second-order valence-electron chi connectivity index (χ2n) is 8.28. The van der Waals surface area contributed by atoms with E-state index in [0.29, 0.717) is 34.9 Å². The Bertz CT molecular complexity index is 1260. The van der Waals surface area contributed by atoms with Gasteiger partial charge >= 0.3 is 0 Å². The fraction of sp³-hybridized carbons (Fsp3) is 0.240. The molecule has 1 saturated heterocycles. The predicted molar refractivity (Wildman–Crippen MR) is 142 cm³/mol. The van der Waals surface area contributed by atoms with Crippen molar-refractivity contribution in [2.45, 2.75) is 6.17 Å². The van der Waals surface area contributed by atoms with Crippen molar-refractivity contribution in [1.29, 1.82) is 0 Å². The van der Waals surface area contributed by atoms with Crippen LogP contribution in [0.3, 0.4) is 0 Å². The number of aromatic nitrogens is 2. The zero-order chi connectivity index (χ0) is 24.4. The number of halogens is 1. The maximum absolute atomic E-state index is 13.4. The summed E-state index contributed by atoms with van der Waals surface area (Å²) in [5, 5.41) is 4.28. The van der Waals surface area contributed by atoms with E-state index in [1.807, 2.05) is 42.5 Å². The smallest absolute Gasteiger partial charge is 0.272 e. The van der Waals surface area contributed by atoms with Gasteiger partial charge in [-0.3, -0.25) is 4.79 Å². The van der Waals surface area contributed by atoms with Gasteiger partial charge in [-0.25, -0.2) is 15.0 Å². The van der Waals surface area contributed by atoms with Crippen molar-refractivity contribution in [3.8, 4) is 0 Å². The number of hydrogen-bond acceptors (Lipinski definition) is 6. The van der Waals surface area contributed by atoms with Gasteiger partial charge in [0, 0.05) is 61.8 Å². The summed E-state index contributed by atoms with van der Waals surface area (Å²) < 4.78 is 0. The molecule has 2 aromatic carbocycles. The zero-order valence-electron chi connectivity index (χ0n) is 19.1. The van der Waals surface area contributed by atoms with Crippen LogP contribution in [0.25, 0.3) is 0 Å². The van der Waals surface area contributed by atoms with Crippen molar-refractivity contribution in [2.24, 2.45) is 4.99 Å². The summed E-state index contributed by atoms with van der Waals surface area (Å²) in [5.74, 6) is 0.512. The number of benzene rings is 2. The minimum atomic E-state index is -0.871. The Labute approximate surface area is 214 Å². The maximum atomic E-state index is 13.4. The normalized spacial score (nSPS) is 18.0. The fourth-order valence-corrected chi connectivity index (χ4v) is 4.71. The van der Waals surface area contributed by atoms with E-state index in [9.17, 15) is 4.79 Å². The Morgan fingerprint density at radius 1 is 1.03 bits per heavy atom. The van der Waals surface area contributed by atoms with Gasteiger partial charge in [0.25, 0.3) is 5.91 Å². The minimum Gasteiger partial charge on any atom is -0.346 e. The molecule has 178 valence electrons. The van der Waals surface area contributed by atoms with Crippen LogP contribution in [0.15, 0.2) is 72.0 Å². The first-order chi connectivity index (χ1) is 17.0. The van der Waals surface area contributed by atoms with Gasteiger partial charge in [-0.05, 0) is 36.5 Å². The summed E-state index contributed by atoms with van der Waals surface area (Å²) in [6, 6.07) is 17.1. The molecule has 2 aliphatic heterocycles. The van der Waals surface area contributed by atoms with Gasteiger partial charge < -0.3 is 20.0 Å². The van der Waals surface area contributed by atoms with Crippen LogP contribution in [0.2, 0.25) is 5.02 Å². The molecule has 0 radical (unpaired) electrons. The summed E-state index contributed by atoms with van der Waals surface area (Å²) in [6.45, 7) is 2.83. The van der Waals surface area contributed by atoms with Crippen LogP contribution in [-0.2, 0) is 4.79 Å². The van der Waals surface area contributed by atoms with Gasteiger partial charge in [0.05, 0.1) is 11.4 Å². The van der Waals surface area contributed by atoms with Crippen LogP contribution in [0.4, 0.5) is 11.6 Å². The Morgan fingerprint density at radius 3 is 2.46 bits per heavy atom. The number of piperazine rings is 1. The SMILES string of the molecule is CN1C(=O)C(NC(=S)N2CCN(c3ncccn3)CC2)N=C(c2ccccc2)c2cc(Cl)ccc21. The number of thiocarbonyl (C=S) groups is 1. The lowest BCUT2D eigenvalue weighted by atomic mass is 10.0. The van der Waals surface area contributed by atoms with E-state index in [1.54, 1.807) is 36.5 Å². The van der Waals surface area contributed by atoms with Gasteiger partial charge in [0.15, 0.2) is 5.11 Å². The molecule has 2 aliphatic rings. The molecule has 0 spiro atoms. The molecule has 0 saturated carbocycles. The predicted octanol–water partition coefficient (Wildman–Crippen LogP) is 2.97. The number of nitrogens with zero attached hydrogens (tertiary/aromatic N) is 6. The lowest BCUT2D eigenvalue weighted by Crippen LogP contribution is -2.55. The highest BCUT2D eigenvalue weighted by Gasteiger charge is 2.32. The Morgan fingerprint density at radius 2 is 1.74 bits per heavy atom. The molecule has 3 aromatic rings. The Kier molecular flexibility index (Phi) is 6.61. The molecule has 1 fully saturated rings. The molecule has 1 amide bonds. The quantitative estimate of drug-likeness (QED) is 0.548. The summed E-state index contributed by atoms with van der Waals surface area (Å²) in [7, 11) is 1.74. The standard InChI is InChI=1S/C25H24ClN7OS/c1-31-20-9-8-18(26)16-19(20)21(17-6-3-2-4-7-17)29-22(23(31)34)30-25(35)33-14-12-32(13-15-33)24-27-10-5-11-28-24/h2-11,16,22H,12-15H2,1H3,(H,30,35). The zero-order valence-corrected chi connectivity index (χ0v) is 20.7. The minimum absolute atomic E-state index is 0.196. The van der Waals surface area contributed by atoms with Crippen molar-refractivity contribution < 1.29 is 4.79 Å². The molecule has 1 N–H and O–H groups in total. The summed E-state index contributed by atoms with van der Waals surface area (Å²) in [6.07, 6.45) is 2.61. The number of likely N-dealkylation sites (N-methyl/N-ethyl adjacent to an activating group) is 1. The largest absolute Gasteiger partial charge is 0.346 e. The molecule has 3 heterocycles. The van der Waals surface area contributed by atoms with Crippen LogP contribution in [0.5, 0.6) is 0 Å². The Balaban J connectivity index is 1.39. The summed E-state index contributed by atoms with van der Waals surface area (Å²) in [5.41, 5.74) is 3.13. The number of aliphatic imine (C=N–C) groups is 1. The number of amides is 1. The number of rotatable bonds is 3. The number of fused-ring (bicyclic) bond motifs is 1. The van der Waals surface area contributed by atoms with Crippen LogP contribution >= 0.6 is 23.8 Å². The van der Waals surface area contributed by atoms with Gasteiger partial charge in [-0.1, -0.05) is 41.9 Å². The Hall–Kier alpha value is -3.56. The highest BCUT2D eigenvalue weighted by Crippen LogP contribution is 2.30. The average molecular weight is 506 g/mol. The van der Waals surface area contributed by atoms with Crippen molar-refractivity contribution in [2.75, 3.05) is 43.0 Å². The number of nitrogens with one attached hydrogen (secondary N) is 1. The van der Waals surface area contributed by atoms with Crippen molar-refractivity contribution in [3.05, 3.63) is 83.1 Å². The first-order valence-electron chi connectivity index (χ1n) is 11.3. The second kappa shape index (κ2) is 9.97. The van der Waals surface area contributed by atoms with E-state index in [0.717, 1.165) is 29.9 Å². The lowest BCUT2D eigenvalue weighted by molar-refractivity contribution is -0.119. The third-order valence-corrected chi connectivity index (χ3v) is 6.72. The average Bonchev–Trinajstić information content (AvgIpc) is 3.00. The number of carbonyl (C=O) groups is 1. The molecular formula is C25H24ClN7OS. The number of anilines is 2. The first-order valence-corrected chi connectivity index (χ1v) is 12.1. The highest BCUT2D eigenvalue weighted by molar-refractivity contribution is 7.80. The summed E-state index contributed by atoms with van der Waals surface area (Å²) >= 11 is 12.0. The third-order valence-electron chi connectivity index (χ3n) is 6.11. The monoisotopic (exact) mass is 505 g/mol. The van der Waals surface area contributed by atoms with E-state index in [-0.39, 0.29) is 5.91 Å². The maximum Gasteiger partial charge on any atom is 0.272 e. The van der Waals surface area contributed by atoms with Gasteiger partial charge in [0.2, 0.25) is 12.1 Å². The molecule has 1 atom stereocenters. The molecule has 1 unspecified atom stereocenters. The van der Waals surface area contributed by atoms with Crippen molar-refractivity contribution in [1.82, 2.24) is 20.2 Å². The second-order valence-corrected chi connectivity index (χ2v) is 9.10. The lowest BCUT2D eigenvalue weighted by Gasteiger charge is -2.36. The molecule has 0 aliphatic carbocycles. The molecule has 10 heteroatoms. The topological polar surface area (TPSA) is 77.0 Å². The van der Waals surface area contributed by atoms with Crippen LogP contribution in [0, 0.1) is 0 Å². The molecule has 5 rings (SSSR count). The van der Waals surface area contributed by atoms with Crippen molar-refractivity contribution in [3.63, 3.8) is 0 Å². The number of hydrogen-bond donors (Lipinski definition) is 1. The number of carbonyl (C=O) groups excluding carboxylic acids is 1. The van der Waals surface area contributed by atoms with Crippen LogP contribution in [0.1, 0.15) is 11.1 Å². The summed E-state index contributed by atoms with van der Waals surface area (Å²) in [4.78, 5) is 32.7. The van der Waals surface area contributed by atoms with E-state index >= 15 is 0 Å². The van der Waals surface area contributed by atoms with Crippen molar-refractivity contribution >= 4 is 52.2 Å². The van der Waals surface area contributed by atoms with Gasteiger partial charge in [-0.2, -0.15) is 0 Å². The third kappa shape index (κ3) is 4.82. The molecular weight excluding hydrogens is 482 g/mol.